The molecule has 1 aliphatic carbocycles. The van der Waals surface area contributed by atoms with Crippen LogP contribution in [0.4, 0.5) is 0 Å². The topological polar surface area (TPSA) is 9.86 Å². The minimum Gasteiger partial charge on any atom is -0.309 e. The molecule has 9 aromatic carbocycles. The molecule has 284 valence electrons. The number of rotatable bonds is 6. The first kappa shape index (κ1) is 34.8. The van der Waals surface area contributed by atoms with Crippen molar-refractivity contribution < 1.29 is 0 Å². The molecule has 0 N–H and O–H groups in total. The van der Waals surface area contributed by atoms with E-state index >= 15 is 0 Å². The van der Waals surface area contributed by atoms with Crippen molar-refractivity contribution in [2.24, 2.45) is 0 Å². The lowest BCUT2D eigenvalue weighted by Crippen LogP contribution is -2.74. The fraction of sp³-hybridized carbons (Fsp3) is 0.0526. The highest BCUT2D eigenvalue weighted by Gasteiger charge is 2.44. The van der Waals surface area contributed by atoms with Crippen molar-refractivity contribution in [1.29, 1.82) is 0 Å². The molecular formula is C57H42N2Si. The van der Waals surface area contributed by atoms with Gasteiger partial charge in [-0.2, -0.15) is 0 Å². The molecule has 0 saturated heterocycles. The third-order valence-corrected chi connectivity index (χ3v) is 18.2. The highest BCUT2D eigenvalue weighted by atomic mass is 28.3. The van der Waals surface area contributed by atoms with E-state index in [2.05, 4.69) is 241 Å². The molecule has 0 unspecified atom stereocenters. The van der Waals surface area contributed by atoms with Gasteiger partial charge in [-0.3, -0.25) is 0 Å². The first-order valence-electron chi connectivity index (χ1n) is 21.0. The molecule has 0 spiro atoms. The minimum absolute atomic E-state index is 0.176. The Morgan fingerprint density at radius 3 is 1.67 bits per heavy atom. The van der Waals surface area contributed by atoms with Crippen molar-refractivity contribution >= 4 is 72.4 Å². The summed E-state index contributed by atoms with van der Waals surface area (Å²) in [5.74, 6) is 0. The second kappa shape index (κ2) is 13.2. The van der Waals surface area contributed by atoms with Gasteiger partial charge in [0, 0.05) is 38.3 Å². The molecule has 0 saturated carbocycles. The number of aromatic nitrogens is 2. The van der Waals surface area contributed by atoms with E-state index in [1.807, 2.05) is 0 Å². The summed E-state index contributed by atoms with van der Waals surface area (Å²) in [4.78, 5) is 0. The van der Waals surface area contributed by atoms with Gasteiger partial charge in [-0.05, 0) is 85.5 Å². The maximum atomic E-state index is 2.58. The fourth-order valence-electron chi connectivity index (χ4n) is 11.0. The number of benzene rings is 9. The van der Waals surface area contributed by atoms with Gasteiger partial charge in [0.1, 0.15) is 0 Å². The van der Waals surface area contributed by atoms with E-state index < -0.39 is 8.07 Å². The Kier molecular flexibility index (Phi) is 7.63. The molecule has 0 radical (unpaired) electrons. The van der Waals surface area contributed by atoms with Crippen LogP contribution in [0.1, 0.15) is 25.0 Å². The average Bonchev–Trinajstić information content (AvgIpc) is 3.91. The first-order valence-corrected chi connectivity index (χ1v) is 23.0. The molecule has 0 atom stereocenters. The normalized spacial score (nSPS) is 13.3. The molecular weight excluding hydrogens is 741 g/mol. The molecule has 11 aromatic rings. The van der Waals surface area contributed by atoms with Gasteiger partial charge in [0.15, 0.2) is 8.07 Å². The lowest BCUT2D eigenvalue weighted by atomic mass is 9.81. The van der Waals surface area contributed by atoms with Gasteiger partial charge < -0.3 is 9.13 Å². The quantitative estimate of drug-likeness (QED) is 0.117. The number of hydrogen-bond donors (Lipinski definition) is 0. The van der Waals surface area contributed by atoms with Crippen molar-refractivity contribution in [3.63, 3.8) is 0 Å². The van der Waals surface area contributed by atoms with Gasteiger partial charge in [-0.15, -0.1) is 0 Å². The molecule has 0 fully saturated rings. The summed E-state index contributed by atoms with van der Waals surface area (Å²) in [7, 11) is -3.08. The number of fused-ring (bicyclic) bond motifs is 10. The smallest absolute Gasteiger partial charge is 0.180 e. The van der Waals surface area contributed by atoms with Crippen LogP contribution in [0.3, 0.4) is 0 Å². The Morgan fingerprint density at radius 2 is 0.933 bits per heavy atom. The Morgan fingerprint density at radius 1 is 0.383 bits per heavy atom. The predicted molar refractivity (Wildman–Crippen MR) is 256 cm³/mol. The van der Waals surface area contributed by atoms with Crippen molar-refractivity contribution in [2.75, 3.05) is 0 Å². The van der Waals surface area contributed by atoms with E-state index in [0.717, 1.165) is 0 Å². The first-order chi connectivity index (χ1) is 29.6. The summed E-state index contributed by atoms with van der Waals surface area (Å²) in [5, 5.41) is 10.6. The molecule has 12 rings (SSSR count). The van der Waals surface area contributed by atoms with Crippen LogP contribution in [0.25, 0.3) is 66.1 Å². The molecule has 60 heavy (non-hydrogen) atoms. The van der Waals surface area contributed by atoms with Crippen molar-refractivity contribution in [3.8, 4) is 22.5 Å². The van der Waals surface area contributed by atoms with E-state index in [9.17, 15) is 0 Å². The summed E-state index contributed by atoms with van der Waals surface area (Å²) >= 11 is 0. The van der Waals surface area contributed by atoms with E-state index in [1.54, 1.807) is 0 Å². The van der Waals surface area contributed by atoms with Crippen molar-refractivity contribution in [3.05, 3.63) is 230 Å². The predicted octanol–water partition coefficient (Wildman–Crippen LogP) is 11.6. The molecule has 0 amide bonds. The summed E-state index contributed by atoms with van der Waals surface area (Å²) in [5.41, 5.74) is 12.6. The standard InChI is InChI=1S/C57H42N2Si/c1-57(2)49-31-15-12-28-44(49)46-36-37-47-45-29-13-16-32-50(45)59(56(47)55(46)57)40-22-18-27-43(38-40)60(41-23-8-4-9-24-41,42-25-10-5-11-26-42)53-35-19-34-52-54(53)48-30-14-17-33-51(48)58(52)39-20-6-3-7-21-39/h3-38H,1-2H3. The van der Waals surface area contributed by atoms with Crippen molar-refractivity contribution in [1.82, 2.24) is 9.13 Å². The molecule has 2 nitrogen and oxygen atoms in total. The van der Waals surface area contributed by atoms with Gasteiger partial charge in [0.2, 0.25) is 0 Å². The van der Waals surface area contributed by atoms with Crippen LogP contribution in [-0.2, 0) is 5.41 Å². The highest BCUT2D eigenvalue weighted by molar-refractivity contribution is 7.20. The Balaban J connectivity index is 1.22. The van der Waals surface area contributed by atoms with Gasteiger partial charge in [-0.25, -0.2) is 0 Å². The molecule has 2 heterocycles. The van der Waals surface area contributed by atoms with E-state index in [4.69, 9.17) is 0 Å². The maximum Gasteiger partial charge on any atom is 0.180 e. The Bertz CT molecular complexity index is 3410. The van der Waals surface area contributed by atoms with Gasteiger partial charge >= 0.3 is 0 Å². The van der Waals surface area contributed by atoms with Crippen LogP contribution in [0.15, 0.2) is 218 Å². The average molecular weight is 783 g/mol. The molecule has 2 aromatic heterocycles. The number of nitrogens with zero attached hydrogens (tertiary/aromatic N) is 2. The van der Waals surface area contributed by atoms with Crippen LogP contribution >= 0.6 is 0 Å². The largest absolute Gasteiger partial charge is 0.309 e. The van der Waals surface area contributed by atoms with E-state index in [-0.39, 0.29) is 5.41 Å². The van der Waals surface area contributed by atoms with E-state index in [0.29, 0.717) is 0 Å². The molecule has 0 aliphatic heterocycles. The van der Waals surface area contributed by atoms with Crippen molar-refractivity contribution in [2.45, 2.75) is 19.3 Å². The second-order valence-corrected chi connectivity index (χ2v) is 20.6. The number of para-hydroxylation sites is 3. The summed E-state index contributed by atoms with van der Waals surface area (Å²) in [6, 6.07) is 82.0. The van der Waals surface area contributed by atoms with Gasteiger partial charge in [-0.1, -0.05) is 190 Å². The third kappa shape index (κ3) is 4.75. The fourth-order valence-corrected chi connectivity index (χ4v) is 16.0. The Hall–Kier alpha value is -7.20. The highest BCUT2D eigenvalue weighted by Crippen LogP contribution is 2.52. The SMILES string of the molecule is CC1(C)c2ccccc2-c2ccc3c4ccccc4n(-c4cccc([Si](c5ccccc5)(c5ccccc5)c5cccc6c5c5ccccc5n6-c5ccccc5)c4)c3c21. The third-order valence-electron chi connectivity index (χ3n) is 13.4. The van der Waals surface area contributed by atoms with Crippen LogP contribution in [-0.4, -0.2) is 17.2 Å². The maximum absolute atomic E-state index is 3.08. The Labute approximate surface area is 351 Å². The zero-order chi connectivity index (χ0) is 40.0. The summed E-state index contributed by atoms with van der Waals surface area (Å²) in [6.07, 6.45) is 0. The monoisotopic (exact) mass is 782 g/mol. The molecule has 0 bridgehead atoms. The van der Waals surface area contributed by atoms with Gasteiger partial charge in [0.05, 0.1) is 22.1 Å². The lowest BCUT2D eigenvalue weighted by molar-refractivity contribution is 0.664. The minimum atomic E-state index is -3.08. The number of hydrogen-bond acceptors (Lipinski definition) is 0. The van der Waals surface area contributed by atoms with Crippen LogP contribution < -0.4 is 20.7 Å². The molecule has 3 heteroatoms. The van der Waals surface area contributed by atoms with Crippen LogP contribution in [0.2, 0.25) is 0 Å². The van der Waals surface area contributed by atoms with Gasteiger partial charge in [0.25, 0.3) is 0 Å². The zero-order valence-electron chi connectivity index (χ0n) is 33.7. The summed E-state index contributed by atoms with van der Waals surface area (Å²) < 4.78 is 5.04. The van der Waals surface area contributed by atoms with Crippen LogP contribution in [0.5, 0.6) is 0 Å². The lowest BCUT2D eigenvalue weighted by Gasteiger charge is -2.35. The molecule has 1 aliphatic rings. The van der Waals surface area contributed by atoms with E-state index in [1.165, 1.54) is 98.0 Å². The summed E-state index contributed by atoms with van der Waals surface area (Å²) in [6.45, 7) is 4.82. The second-order valence-electron chi connectivity index (χ2n) is 16.8. The zero-order valence-corrected chi connectivity index (χ0v) is 34.7. The van der Waals surface area contributed by atoms with Crippen LogP contribution in [0, 0.1) is 0 Å².